The molecule has 0 saturated carbocycles. The second-order valence-corrected chi connectivity index (χ2v) is 6.57. The largest absolute Gasteiger partial charge is 0.463 e. The van der Waals surface area contributed by atoms with Gasteiger partial charge >= 0.3 is 11.9 Å². The Morgan fingerprint density at radius 3 is 2.28 bits per heavy atom. The van der Waals surface area contributed by atoms with Crippen molar-refractivity contribution >= 4 is 11.9 Å². The molecule has 29 heavy (non-hydrogen) atoms. The van der Waals surface area contributed by atoms with E-state index in [0.29, 0.717) is 0 Å². The highest BCUT2D eigenvalue weighted by atomic mass is 16.6. The molecule has 2 aromatic rings. The number of ether oxygens (including phenoxy) is 3. The van der Waals surface area contributed by atoms with Crippen LogP contribution >= 0.6 is 0 Å². The number of hydrogen-bond donors (Lipinski definition) is 0. The smallest absolute Gasteiger partial charge is 0.303 e. The SMILES string of the molecule is CC(=O)OC[C@H]1O[C@H](C#Cc2ccc(-c3ccccc3)cc2)C=C[C@@H]1OC(C)=O. The predicted molar refractivity (Wildman–Crippen MR) is 109 cm³/mol. The lowest BCUT2D eigenvalue weighted by Crippen LogP contribution is -2.41. The van der Waals surface area contributed by atoms with Crippen molar-refractivity contribution in [3.8, 4) is 23.0 Å². The Morgan fingerprint density at radius 1 is 0.931 bits per heavy atom. The van der Waals surface area contributed by atoms with Crippen LogP contribution in [0.1, 0.15) is 19.4 Å². The summed E-state index contributed by atoms with van der Waals surface area (Å²) in [5.41, 5.74) is 3.13. The minimum atomic E-state index is -0.616. The quantitative estimate of drug-likeness (QED) is 0.454. The molecule has 0 aromatic heterocycles. The fourth-order valence-electron chi connectivity index (χ4n) is 2.90. The number of esters is 2. The van der Waals surface area contributed by atoms with Gasteiger partial charge in [0.2, 0.25) is 0 Å². The summed E-state index contributed by atoms with van der Waals surface area (Å²) >= 11 is 0. The molecular weight excluding hydrogens is 368 g/mol. The average molecular weight is 390 g/mol. The molecule has 148 valence electrons. The van der Waals surface area contributed by atoms with Crippen LogP contribution in [0, 0.1) is 11.8 Å². The maximum absolute atomic E-state index is 11.3. The molecule has 0 N–H and O–H groups in total. The number of rotatable bonds is 4. The molecular formula is C24H22O5. The van der Waals surface area contributed by atoms with Gasteiger partial charge in [0.15, 0.2) is 0 Å². The van der Waals surface area contributed by atoms with Crippen LogP contribution < -0.4 is 0 Å². The molecule has 3 atom stereocenters. The monoisotopic (exact) mass is 390 g/mol. The normalized spacial score (nSPS) is 20.3. The Labute approximate surface area is 170 Å². The second-order valence-electron chi connectivity index (χ2n) is 6.57. The zero-order valence-electron chi connectivity index (χ0n) is 16.3. The molecule has 0 amide bonds. The maximum Gasteiger partial charge on any atom is 0.303 e. The minimum absolute atomic E-state index is 0.0123. The third-order valence-electron chi connectivity index (χ3n) is 4.27. The van der Waals surface area contributed by atoms with E-state index in [4.69, 9.17) is 14.2 Å². The van der Waals surface area contributed by atoms with Gasteiger partial charge in [-0.1, -0.05) is 54.3 Å². The Bertz CT molecular complexity index is 935. The fourth-order valence-corrected chi connectivity index (χ4v) is 2.90. The summed E-state index contributed by atoms with van der Waals surface area (Å²) in [6.07, 6.45) is 1.75. The first kappa shape index (κ1) is 20.4. The van der Waals surface area contributed by atoms with Crippen LogP contribution in [-0.2, 0) is 23.8 Å². The van der Waals surface area contributed by atoms with Gasteiger partial charge in [-0.25, -0.2) is 0 Å². The van der Waals surface area contributed by atoms with Crippen molar-refractivity contribution in [2.75, 3.05) is 6.61 Å². The molecule has 5 nitrogen and oxygen atoms in total. The summed E-state index contributed by atoms with van der Waals surface area (Å²) in [5, 5.41) is 0. The van der Waals surface area contributed by atoms with E-state index < -0.39 is 30.3 Å². The first-order valence-corrected chi connectivity index (χ1v) is 9.32. The van der Waals surface area contributed by atoms with Crippen LogP contribution in [0.2, 0.25) is 0 Å². The van der Waals surface area contributed by atoms with Crippen LogP contribution in [0.3, 0.4) is 0 Å². The topological polar surface area (TPSA) is 61.8 Å². The zero-order chi connectivity index (χ0) is 20.6. The fraction of sp³-hybridized carbons (Fsp3) is 0.250. The van der Waals surface area contributed by atoms with E-state index in [-0.39, 0.29) is 6.61 Å². The van der Waals surface area contributed by atoms with E-state index in [1.807, 2.05) is 42.5 Å². The molecule has 1 aliphatic rings. The third-order valence-corrected chi connectivity index (χ3v) is 4.27. The summed E-state index contributed by atoms with van der Waals surface area (Å²) in [4.78, 5) is 22.4. The summed E-state index contributed by atoms with van der Waals surface area (Å²) in [6, 6.07) is 18.1. The molecule has 3 rings (SSSR count). The molecule has 1 heterocycles. The minimum Gasteiger partial charge on any atom is -0.463 e. The highest BCUT2D eigenvalue weighted by Gasteiger charge is 2.29. The predicted octanol–water partition coefficient (Wildman–Crippen LogP) is 3.52. The highest BCUT2D eigenvalue weighted by Crippen LogP contribution is 2.20. The van der Waals surface area contributed by atoms with E-state index in [0.717, 1.165) is 16.7 Å². The molecule has 0 spiro atoms. The lowest BCUT2D eigenvalue weighted by molar-refractivity contribution is -0.161. The Kier molecular flexibility index (Phi) is 6.83. The van der Waals surface area contributed by atoms with Crippen molar-refractivity contribution in [3.63, 3.8) is 0 Å². The highest BCUT2D eigenvalue weighted by molar-refractivity contribution is 5.67. The van der Waals surface area contributed by atoms with Crippen molar-refractivity contribution in [2.24, 2.45) is 0 Å². The second kappa shape index (κ2) is 9.72. The summed E-state index contributed by atoms with van der Waals surface area (Å²) in [6.45, 7) is 2.62. The Hall–Kier alpha value is -3.36. The van der Waals surface area contributed by atoms with Gasteiger partial charge in [-0.3, -0.25) is 9.59 Å². The zero-order valence-corrected chi connectivity index (χ0v) is 16.3. The molecule has 0 aliphatic carbocycles. The third kappa shape index (κ3) is 6.06. The summed E-state index contributed by atoms with van der Waals surface area (Å²) in [5.74, 6) is 5.28. The molecule has 5 heteroatoms. The molecule has 1 aliphatic heterocycles. The number of carbonyl (C=O) groups is 2. The first-order chi connectivity index (χ1) is 14.0. The van der Waals surface area contributed by atoms with Gasteiger partial charge in [0.05, 0.1) is 0 Å². The summed E-state index contributed by atoms with van der Waals surface area (Å²) < 4.78 is 16.1. The van der Waals surface area contributed by atoms with E-state index >= 15 is 0 Å². The van der Waals surface area contributed by atoms with Crippen LogP contribution in [0.5, 0.6) is 0 Å². The number of benzene rings is 2. The summed E-state index contributed by atoms with van der Waals surface area (Å²) in [7, 11) is 0. The van der Waals surface area contributed by atoms with Crippen LogP contribution in [0.4, 0.5) is 0 Å². The van der Waals surface area contributed by atoms with Gasteiger partial charge in [0.1, 0.15) is 24.9 Å². The number of carbonyl (C=O) groups excluding carboxylic acids is 2. The van der Waals surface area contributed by atoms with Crippen molar-refractivity contribution < 1.29 is 23.8 Å². The molecule has 0 bridgehead atoms. The molecule has 2 aromatic carbocycles. The van der Waals surface area contributed by atoms with E-state index in [1.165, 1.54) is 13.8 Å². The van der Waals surface area contributed by atoms with Gasteiger partial charge in [0, 0.05) is 19.4 Å². The van der Waals surface area contributed by atoms with Crippen molar-refractivity contribution in [1.82, 2.24) is 0 Å². The van der Waals surface area contributed by atoms with Gasteiger partial charge < -0.3 is 14.2 Å². The van der Waals surface area contributed by atoms with Gasteiger partial charge in [-0.05, 0) is 35.4 Å². The molecule has 0 saturated heterocycles. The maximum atomic E-state index is 11.3. The first-order valence-electron chi connectivity index (χ1n) is 9.32. The van der Waals surface area contributed by atoms with E-state index in [9.17, 15) is 9.59 Å². The molecule has 0 unspecified atom stereocenters. The van der Waals surface area contributed by atoms with Crippen LogP contribution in [-0.4, -0.2) is 36.9 Å². The van der Waals surface area contributed by atoms with E-state index in [1.54, 1.807) is 12.2 Å². The van der Waals surface area contributed by atoms with Crippen molar-refractivity contribution in [3.05, 3.63) is 72.3 Å². The number of hydrogen-bond acceptors (Lipinski definition) is 5. The van der Waals surface area contributed by atoms with Gasteiger partial charge in [0.25, 0.3) is 0 Å². The van der Waals surface area contributed by atoms with Gasteiger partial charge in [-0.15, -0.1) is 0 Å². The standard InChI is InChI=1S/C24H22O5/c1-17(25)27-16-24-23(28-18(2)26)15-14-22(29-24)13-10-19-8-11-21(12-9-19)20-6-4-3-5-7-20/h3-9,11-12,14-15,22-24H,16H2,1-2H3/t22-,23+,24-/m1/s1. The van der Waals surface area contributed by atoms with Crippen LogP contribution in [0.25, 0.3) is 11.1 Å². The Balaban J connectivity index is 1.69. The van der Waals surface area contributed by atoms with Crippen molar-refractivity contribution in [1.29, 1.82) is 0 Å². The van der Waals surface area contributed by atoms with Crippen molar-refractivity contribution in [2.45, 2.75) is 32.2 Å². The lowest BCUT2D eigenvalue weighted by Gasteiger charge is -2.29. The van der Waals surface area contributed by atoms with Crippen LogP contribution in [0.15, 0.2) is 66.7 Å². The Morgan fingerprint density at radius 2 is 1.62 bits per heavy atom. The molecule has 0 radical (unpaired) electrons. The van der Waals surface area contributed by atoms with Gasteiger partial charge in [-0.2, -0.15) is 0 Å². The lowest BCUT2D eigenvalue weighted by atomic mass is 10.0. The molecule has 0 fully saturated rings. The average Bonchev–Trinajstić information content (AvgIpc) is 2.72. The van der Waals surface area contributed by atoms with E-state index in [2.05, 4.69) is 24.0 Å².